The van der Waals surface area contributed by atoms with Gasteiger partial charge in [0.25, 0.3) is 6.47 Å². The number of carbonyl (C=O) groups excluding carboxylic acids is 5. The second-order valence-electron chi connectivity index (χ2n) is 11.6. The van der Waals surface area contributed by atoms with E-state index in [4.69, 9.17) is 41.0 Å². The van der Waals surface area contributed by atoms with E-state index in [1.54, 1.807) is 46.3 Å². The van der Waals surface area contributed by atoms with Crippen molar-refractivity contribution in [2.45, 2.75) is 39.4 Å². The van der Waals surface area contributed by atoms with Gasteiger partial charge in [-0.2, -0.15) is 10.2 Å². The Morgan fingerprint density at radius 2 is 1.23 bits per heavy atom. The molecule has 19 nitrogen and oxygen atoms in total. The molecule has 0 aliphatic rings. The number of ether oxygens (including phenoxy) is 3. The molecule has 0 spiro atoms. The Hall–Kier alpha value is -3.82. The number of aldehydes is 2. The molecular weight excluding hydrogens is 906 g/mol. The summed E-state index contributed by atoms with van der Waals surface area (Å²) in [6.07, 6.45) is 10.5. The number of hydrogen-bond donors (Lipinski definition) is 1. The number of ketones is 2. The summed E-state index contributed by atoms with van der Waals surface area (Å²) in [7, 11) is 2.91. The minimum atomic E-state index is -0.181. The summed E-state index contributed by atoms with van der Waals surface area (Å²) in [5.41, 5.74) is 5.21. The first-order chi connectivity index (χ1) is 28.5. The zero-order valence-electron chi connectivity index (χ0n) is 35.5. The van der Waals surface area contributed by atoms with Crippen molar-refractivity contribution in [3.63, 3.8) is 0 Å². The Kier molecular flexibility index (Phi) is 30.0. The predicted octanol–water partition coefficient (Wildman–Crippen LogP) is -1.81. The molecule has 0 amide bonds. The van der Waals surface area contributed by atoms with Gasteiger partial charge in [-0.3, -0.25) is 43.3 Å². The van der Waals surface area contributed by atoms with Gasteiger partial charge < -0.3 is 30.9 Å². The Bertz CT molecular complexity index is 2340. The van der Waals surface area contributed by atoms with Crippen LogP contribution in [0.25, 0.3) is 22.8 Å². The molecule has 6 aromatic heterocycles. The van der Waals surface area contributed by atoms with Crippen molar-refractivity contribution in [2.24, 2.45) is 0 Å². The maximum absolute atomic E-state index is 11.5. The molecule has 0 unspecified atom stereocenters. The topological polar surface area (TPSA) is 253 Å². The van der Waals surface area contributed by atoms with Crippen LogP contribution in [-0.2, 0) is 44.8 Å². The molecule has 318 valence electrons. The molecule has 0 aromatic carbocycles. The smallest absolute Gasteiger partial charge is 1.00 e. The third kappa shape index (κ3) is 18.5. The fraction of sp³-hybridized carbons (Fsp3) is 0.205. The van der Waals surface area contributed by atoms with E-state index in [9.17, 15) is 19.2 Å². The second kappa shape index (κ2) is 31.9. The maximum atomic E-state index is 11.5. The summed E-state index contributed by atoms with van der Waals surface area (Å²) in [4.78, 5) is 71.8. The molecule has 0 saturated heterocycles. The molecule has 0 bridgehead atoms. The van der Waals surface area contributed by atoms with Gasteiger partial charge in [-0.15, -0.1) is 24.0 Å². The van der Waals surface area contributed by atoms with E-state index in [1.807, 2.05) is 24.3 Å². The number of halogens is 2. The first-order valence-corrected chi connectivity index (χ1v) is 17.6. The normalized spacial score (nSPS) is 9.39. The second-order valence-corrected chi connectivity index (χ2v) is 11.8. The number of pyridine rings is 4. The standard InChI is InChI=1S/C19H18N4O4.C12H12ClN3O.C7H7NO3.CH2O3.ClH.2K.H/c1-13(25)10-23-16(5-7-22-23)19-14(4-3-6-20-19)12-27-17-9-21-18(26-2)8-15(17)11-24;1-9(17)8-16-11(4-6-15-16)12-10(7-13)3-2-5-14-12;1-11-7-2-5(4-9)6(10)3-8-7;2-1-4-3;;;;/h3-9,11H,10,12H2,1-2H3;2-6H,7-8H2,1H3;2-4,10H,1H3;1,3H;1H;;;/q;;;;;2*+1;-1/p-1. The van der Waals surface area contributed by atoms with Gasteiger partial charge in [0.2, 0.25) is 11.8 Å². The minimum Gasteiger partial charge on any atom is -1.00 e. The molecule has 0 radical (unpaired) electrons. The Morgan fingerprint density at radius 1 is 0.758 bits per heavy atom. The maximum Gasteiger partial charge on any atom is 1.00 e. The van der Waals surface area contributed by atoms with E-state index in [2.05, 4.69) is 35.0 Å². The van der Waals surface area contributed by atoms with Crippen LogP contribution in [0.3, 0.4) is 0 Å². The van der Waals surface area contributed by atoms with Crippen LogP contribution in [0.5, 0.6) is 23.3 Å². The zero-order valence-corrected chi connectivity index (χ0v) is 42.4. The molecule has 0 aliphatic heterocycles. The number of carbonyl (C=O) groups is 5. The van der Waals surface area contributed by atoms with Crippen LogP contribution in [0.15, 0.2) is 85.7 Å². The van der Waals surface area contributed by atoms with Gasteiger partial charge in [-0.1, -0.05) is 12.1 Å². The first kappa shape index (κ1) is 58.2. The van der Waals surface area contributed by atoms with Crippen LogP contribution in [0, 0.1) is 0 Å². The van der Waals surface area contributed by atoms with Crippen molar-refractivity contribution >= 4 is 54.6 Å². The Labute approximate surface area is 453 Å². The average molecular weight is 946 g/mol. The van der Waals surface area contributed by atoms with Crippen LogP contribution in [-0.4, -0.2) is 89.4 Å². The summed E-state index contributed by atoms with van der Waals surface area (Å²) in [5, 5.41) is 25.7. The van der Waals surface area contributed by atoms with Crippen molar-refractivity contribution in [3.05, 3.63) is 108 Å². The van der Waals surface area contributed by atoms with Gasteiger partial charge >= 0.3 is 103 Å². The van der Waals surface area contributed by atoms with E-state index >= 15 is 0 Å². The fourth-order valence-electron chi connectivity index (χ4n) is 4.87. The molecule has 6 aromatic rings. The van der Waals surface area contributed by atoms with E-state index in [-0.39, 0.29) is 166 Å². The number of nitrogens with zero attached hydrogens (tertiary/aromatic N) is 8. The van der Waals surface area contributed by atoms with Gasteiger partial charge in [0.15, 0.2) is 24.1 Å². The molecule has 6 heterocycles. The van der Waals surface area contributed by atoms with Crippen molar-refractivity contribution in [3.8, 4) is 46.0 Å². The number of Topliss-reactive ketones (excluding diaryl/α,β-unsaturated/α-hetero) is 2. The molecule has 1 N–H and O–H groups in total. The first-order valence-electron chi connectivity index (χ1n) is 17.0. The van der Waals surface area contributed by atoms with Gasteiger partial charge in [-0.25, -0.2) is 9.97 Å². The van der Waals surface area contributed by atoms with Crippen molar-refractivity contribution < 1.29 is 158 Å². The summed E-state index contributed by atoms with van der Waals surface area (Å²) in [6.45, 7) is 3.44. The fourth-order valence-corrected chi connectivity index (χ4v) is 5.09. The van der Waals surface area contributed by atoms with Crippen LogP contribution < -0.4 is 122 Å². The number of hydrogen-bond acceptors (Lipinski definition) is 17. The van der Waals surface area contributed by atoms with Crippen molar-refractivity contribution in [1.29, 1.82) is 0 Å². The van der Waals surface area contributed by atoms with Gasteiger partial charge in [0.1, 0.15) is 18.1 Å². The number of methoxy groups -OCH3 is 2. The summed E-state index contributed by atoms with van der Waals surface area (Å²) in [5.74, 6) is 1.28. The molecule has 0 atom stereocenters. The molecule has 23 heteroatoms. The monoisotopic (exact) mass is 944 g/mol. The summed E-state index contributed by atoms with van der Waals surface area (Å²) in [6, 6.07) is 13.9. The average Bonchev–Trinajstić information content (AvgIpc) is 3.92. The molecular formula is C39H40Cl2K2N8O11. The Balaban J connectivity index is 0. The minimum absolute atomic E-state index is 0. The number of rotatable bonds is 15. The van der Waals surface area contributed by atoms with Crippen LogP contribution in [0.2, 0.25) is 0 Å². The van der Waals surface area contributed by atoms with Crippen molar-refractivity contribution in [1.82, 2.24) is 39.5 Å². The SMILES string of the molecule is CC(=O)Cn1nccc1-c1ncccc1CCl.COc1cc(C=O)c(O)cn1.COc1cc(C=O)c(OCc2cccnc2-c2ccnn2CC(C)=O)cn1.Cl.O=CO[O-].[H-].[K+].[K+]. The quantitative estimate of drug-likeness (QED) is 0.0391. The zero-order chi connectivity index (χ0) is 43.2. The van der Waals surface area contributed by atoms with Crippen molar-refractivity contribution in [2.75, 3.05) is 14.2 Å². The van der Waals surface area contributed by atoms with Crippen LogP contribution in [0.4, 0.5) is 0 Å². The number of aromatic hydroxyl groups is 1. The molecule has 0 fully saturated rings. The third-order valence-corrected chi connectivity index (χ3v) is 7.73. The summed E-state index contributed by atoms with van der Waals surface area (Å²) >= 11 is 5.87. The van der Waals surface area contributed by atoms with Crippen LogP contribution >= 0.6 is 24.0 Å². The van der Waals surface area contributed by atoms with E-state index in [0.717, 1.165) is 22.5 Å². The molecule has 0 aliphatic carbocycles. The molecule has 6 rings (SSSR count). The Morgan fingerprint density at radius 3 is 1.68 bits per heavy atom. The number of alkyl halides is 1. The molecule has 0 saturated carbocycles. The van der Waals surface area contributed by atoms with E-state index in [1.165, 1.54) is 52.6 Å². The van der Waals surface area contributed by atoms with Gasteiger partial charge in [-0.05, 0) is 43.7 Å². The predicted molar refractivity (Wildman–Crippen MR) is 216 cm³/mol. The number of aromatic nitrogens is 8. The van der Waals surface area contributed by atoms with Gasteiger partial charge in [0, 0.05) is 48.4 Å². The largest absolute Gasteiger partial charge is 1.00 e. The van der Waals surface area contributed by atoms with Gasteiger partial charge in [0.05, 0.1) is 73.6 Å². The summed E-state index contributed by atoms with van der Waals surface area (Å²) < 4.78 is 18.8. The van der Waals surface area contributed by atoms with E-state index < -0.39 is 0 Å². The van der Waals surface area contributed by atoms with Crippen LogP contribution in [0.1, 0.15) is 47.1 Å². The van der Waals surface area contributed by atoms with E-state index in [0.29, 0.717) is 52.9 Å². The third-order valence-electron chi connectivity index (χ3n) is 7.45. The molecule has 62 heavy (non-hydrogen) atoms.